The number of anilines is 1. The Hall–Kier alpha value is -3.47. The fourth-order valence-electron chi connectivity index (χ4n) is 7.29. The van der Waals surface area contributed by atoms with Crippen molar-refractivity contribution in [1.29, 1.82) is 0 Å². The number of aromatic nitrogens is 3. The lowest BCUT2D eigenvalue weighted by Crippen LogP contribution is -2.65. The molecule has 1 aliphatic heterocycles. The van der Waals surface area contributed by atoms with Gasteiger partial charge < -0.3 is 30.2 Å². The van der Waals surface area contributed by atoms with Crippen LogP contribution in [-0.4, -0.2) is 102 Å². The summed E-state index contributed by atoms with van der Waals surface area (Å²) >= 11 is 0. The van der Waals surface area contributed by atoms with Crippen LogP contribution in [0.4, 0.5) is 10.1 Å². The zero-order valence-corrected chi connectivity index (χ0v) is 31.2. The zero-order chi connectivity index (χ0) is 37.4. The number of hydrogen-bond acceptors (Lipinski definition) is 10. The minimum absolute atomic E-state index is 0.0582. The number of nitrogens with two attached hydrogens (primary N) is 1. The highest BCUT2D eigenvalue weighted by molar-refractivity contribution is 6.17. The molecular formula is C37H56BFN6O5. The second-order valence-corrected chi connectivity index (χ2v) is 14.5. The number of likely N-dealkylation sites (N-methyl/N-ethyl adjacent to an activating group) is 1. The smallest absolute Gasteiger partial charge is 0.351 e. The Balaban J connectivity index is 1.89. The molecule has 3 rings (SSSR count). The molecule has 1 aromatic carbocycles. The number of nitrogen functional groups attached to an aromatic ring is 1. The fourth-order valence-corrected chi connectivity index (χ4v) is 7.29. The van der Waals surface area contributed by atoms with Crippen LogP contribution in [0.25, 0.3) is 11.3 Å². The number of nitrogens with one attached hydrogen (secondary N) is 1. The molecule has 50 heavy (non-hydrogen) atoms. The van der Waals surface area contributed by atoms with Crippen LogP contribution in [-0.2, 0) is 30.3 Å². The Kier molecular flexibility index (Phi) is 14.1. The van der Waals surface area contributed by atoms with E-state index in [1.807, 2.05) is 44.4 Å². The first-order chi connectivity index (χ1) is 23.4. The molecule has 1 aliphatic rings. The number of unbranched alkanes of at least 4 members (excludes halogenated alkanes) is 1. The van der Waals surface area contributed by atoms with Crippen molar-refractivity contribution in [2.75, 3.05) is 33.0 Å². The molecule has 3 N–H and O–H groups in total. The summed E-state index contributed by atoms with van der Waals surface area (Å²) in [5.41, 5.74) is 2.98. The minimum atomic E-state index is -2.97. The molecule has 0 aliphatic carbocycles. The van der Waals surface area contributed by atoms with Crippen molar-refractivity contribution < 1.29 is 28.2 Å². The first-order valence-corrected chi connectivity index (χ1v) is 17.5. The van der Waals surface area contributed by atoms with Gasteiger partial charge in [0.05, 0.1) is 25.7 Å². The van der Waals surface area contributed by atoms with Crippen LogP contribution in [0.3, 0.4) is 0 Å². The summed E-state index contributed by atoms with van der Waals surface area (Å²) in [6.07, 6.45) is 11.2. The first kappa shape index (κ1) is 41.0. The summed E-state index contributed by atoms with van der Waals surface area (Å²) in [6.45, 7) is 13.8. The third kappa shape index (κ3) is 9.25. The molecule has 0 saturated carbocycles. The molecule has 1 fully saturated rings. The van der Waals surface area contributed by atoms with E-state index >= 15 is 4.39 Å². The number of methoxy groups -OCH3 is 1. The van der Waals surface area contributed by atoms with E-state index in [1.54, 1.807) is 18.5 Å². The maximum absolute atomic E-state index is 16.2. The minimum Gasteiger partial charge on any atom is -0.455 e. The van der Waals surface area contributed by atoms with E-state index in [4.69, 9.17) is 34.2 Å². The number of nitrogens with zero attached hydrogens (tertiary/aromatic N) is 4. The molecule has 0 spiro atoms. The number of rotatable bonds is 10. The first-order valence-electron chi connectivity index (χ1n) is 17.5. The number of carbonyl (C=O) groups excluding carboxylic acids is 2. The number of halogens is 1. The average molecular weight is 695 g/mol. The van der Waals surface area contributed by atoms with E-state index in [0.717, 1.165) is 31.0 Å². The number of benzene rings is 1. The lowest BCUT2D eigenvalue weighted by atomic mass is 9.62. The van der Waals surface area contributed by atoms with Crippen molar-refractivity contribution >= 4 is 25.3 Å². The second-order valence-electron chi connectivity index (χ2n) is 14.5. The van der Waals surface area contributed by atoms with E-state index in [0.29, 0.717) is 31.7 Å². The van der Waals surface area contributed by atoms with Crippen molar-refractivity contribution in [3.8, 4) is 23.8 Å². The molecule has 0 amide bonds. The molecule has 1 aromatic heterocycles. The topological polar surface area (TPSA) is 134 Å². The van der Waals surface area contributed by atoms with Crippen LogP contribution in [0, 0.1) is 24.4 Å². The van der Waals surface area contributed by atoms with Gasteiger partial charge in [0.25, 0.3) is 5.67 Å². The van der Waals surface area contributed by atoms with Gasteiger partial charge in [-0.25, -0.2) is 9.18 Å². The number of cyclic esters (lactones) is 1. The quantitative estimate of drug-likeness (QED) is 0.0908. The lowest BCUT2D eigenvalue weighted by Gasteiger charge is -2.46. The Morgan fingerprint density at radius 1 is 1.22 bits per heavy atom. The normalized spacial score (nSPS) is 33.5. The van der Waals surface area contributed by atoms with E-state index in [-0.39, 0.29) is 18.4 Å². The van der Waals surface area contributed by atoms with Crippen molar-refractivity contribution in [2.24, 2.45) is 11.8 Å². The molecular weight excluding hydrogens is 638 g/mol. The van der Waals surface area contributed by atoms with Gasteiger partial charge in [0, 0.05) is 43.4 Å². The van der Waals surface area contributed by atoms with E-state index in [1.165, 1.54) is 14.0 Å². The van der Waals surface area contributed by atoms with Crippen molar-refractivity contribution in [1.82, 2.24) is 25.2 Å². The number of esters is 1. The summed E-state index contributed by atoms with van der Waals surface area (Å²) < 4.78 is 35.8. The van der Waals surface area contributed by atoms with Gasteiger partial charge in [-0.05, 0) is 90.8 Å². The summed E-state index contributed by atoms with van der Waals surface area (Å²) in [5, 5.41) is 12.2. The molecule has 274 valence electrons. The lowest BCUT2D eigenvalue weighted by molar-refractivity contribution is -0.183. The van der Waals surface area contributed by atoms with E-state index < -0.39 is 52.5 Å². The number of aryl methyl sites for hydroxylation is 1. The standard InChI is InChI=1S/C37H56BFN6O5/c1-11-30-37(8,49-12-2)32(41-18-13-14-19-45-23-29(42-43-45)27-16-15-17-28(40)20-27)26(5)44(9)22-24(3)21-35(6,48-10)31(38)25(4)33(46)36(7,39)34(47)50-30/h2,15-17,20,23-26,30-32,41H,11,13-14,18-19,21-22,40H2,1,3-10H3/t24-,25-,26-,30-,31-,32-,35-,36+,37-/m1/s1. The number of terminal acetylenes is 1. The Bertz CT molecular complexity index is 1480. The van der Waals surface area contributed by atoms with Crippen molar-refractivity contribution in [3.63, 3.8) is 0 Å². The monoisotopic (exact) mass is 694 g/mol. The predicted molar refractivity (Wildman–Crippen MR) is 194 cm³/mol. The highest BCUT2D eigenvalue weighted by Crippen LogP contribution is 2.40. The van der Waals surface area contributed by atoms with Crippen LogP contribution in [0.15, 0.2) is 30.5 Å². The van der Waals surface area contributed by atoms with E-state index in [2.05, 4.69) is 40.5 Å². The predicted octanol–water partition coefficient (Wildman–Crippen LogP) is 4.61. The molecule has 9 atom stereocenters. The fraction of sp³-hybridized carbons (Fsp3) is 0.676. The highest BCUT2D eigenvalue weighted by Gasteiger charge is 2.54. The maximum atomic E-state index is 16.2. The molecule has 13 heteroatoms. The molecule has 2 heterocycles. The SMILES string of the molecule is [B][C@@H]1[C@@H](C)C(=O)[C@](C)(F)C(=O)O[C@H](CC)[C@@](C)(OC#C)[C@H](NCCCCn2cc(-c3cccc(N)c3)nn2)[C@@H](C)N(C)C[C@H](C)C[C@@]1(C)OC. The summed E-state index contributed by atoms with van der Waals surface area (Å²) in [6, 6.07) is 6.81. The third-order valence-corrected chi connectivity index (χ3v) is 10.6. The van der Waals surface area contributed by atoms with Crippen molar-refractivity contribution in [2.45, 2.75) is 122 Å². The number of ketones is 1. The van der Waals surface area contributed by atoms with E-state index in [9.17, 15) is 9.59 Å². The van der Waals surface area contributed by atoms with Gasteiger partial charge in [-0.15, -0.1) is 5.10 Å². The third-order valence-electron chi connectivity index (χ3n) is 10.6. The van der Waals surface area contributed by atoms with Crippen LogP contribution >= 0.6 is 0 Å². The largest absolute Gasteiger partial charge is 0.455 e. The molecule has 1 saturated heterocycles. The van der Waals surface area contributed by atoms with Gasteiger partial charge in [0.1, 0.15) is 17.9 Å². The van der Waals surface area contributed by atoms with Crippen LogP contribution < -0.4 is 11.1 Å². The second kappa shape index (κ2) is 17.2. The van der Waals surface area contributed by atoms with Crippen molar-refractivity contribution in [3.05, 3.63) is 30.5 Å². The molecule has 2 radical (unpaired) electrons. The summed E-state index contributed by atoms with van der Waals surface area (Å²) in [4.78, 5) is 29.3. The number of hydrogen-bond donors (Lipinski definition) is 2. The van der Waals surface area contributed by atoms with Crippen LogP contribution in [0.2, 0.25) is 5.82 Å². The van der Waals surface area contributed by atoms with Gasteiger partial charge in [-0.3, -0.25) is 9.48 Å². The Morgan fingerprint density at radius 2 is 1.92 bits per heavy atom. The molecule has 2 aromatic rings. The highest BCUT2D eigenvalue weighted by atomic mass is 19.1. The summed E-state index contributed by atoms with van der Waals surface area (Å²) in [5.74, 6) is -4.15. The average Bonchev–Trinajstić information content (AvgIpc) is 3.55. The van der Waals surface area contributed by atoms with Gasteiger partial charge in [-0.2, -0.15) is 0 Å². The number of ether oxygens (including phenoxy) is 3. The molecule has 11 nitrogen and oxygen atoms in total. The Morgan fingerprint density at radius 3 is 2.54 bits per heavy atom. The number of alkyl halides is 1. The van der Waals surface area contributed by atoms with Gasteiger partial charge >= 0.3 is 5.97 Å². The summed E-state index contributed by atoms with van der Waals surface area (Å²) in [7, 11) is 10.1. The number of carbonyl (C=O) groups is 2. The van der Waals surface area contributed by atoms with Crippen LogP contribution in [0.5, 0.6) is 0 Å². The van der Waals surface area contributed by atoms with Crippen LogP contribution in [0.1, 0.15) is 74.1 Å². The van der Waals surface area contributed by atoms with Gasteiger partial charge in [0.15, 0.2) is 11.4 Å². The van der Waals surface area contributed by atoms with Gasteiger partial charge in [-0.1, -0.05) is 44.5 Å². The van der Waals surface area contributed by atoms with Gasteiger partial charge in [0.2, 0.25) is 0 Å². The molecule has 0 unspecified atom stereocenters. The Labute approximate surface area is 298 Å². The maximum Gasteiger partial charge on any atom is 0.351 e. The number of Topliss-reactive ketones (excluding diaryl/α,β-unsaturated/α-hetero) is 1. The molecule has 0 bridgehead atoms. The zero-order valence-electron chi connectivity index (χ0n) is 31.2.